The summed E-state index contributed by atoms with van der Waals surface area (Å²) in [7, 11) is 3.41. The smallest absolute Gasteiger partial charge is 0.291 e. The maximum atomic E-state index is 4.57. The highest BCUT2D eigenvalue weighted by molar-refractivity contribution is 6.26. The van der Waals surface area contributed by atoms with Crippen molar-refractivity contribution in [2.75, 3.05) is 7.11 Å². The van der Waals surface area contributed by atoms with Crippen LogP contribution in [0, 0.1) is 0 Å². The van der Waals surface area contributed by atoms with Crippen LogP contribution in [0.3, 0.4) is 0 Å². The lowest BCUT2D eigenvalue weighted by Gasteiger charge is -1.80. The predicted molar refractivity (Wildman–Crippen MR) is 23.2 cm³/mol. The fourth-order valence-corrected chi connectivity index (χ4v) is 0.167. The van der Waals surface area contributed by atoms with E-state index in [0.29, 0.717) is 0 Å². The Labute approximate surface area is 33.6 Å². The van der Waals surface area contributed by atoms with Crippen LogP contribution >= 0.6 is 0 Å². The third-order valence-electron chi connectivity index (χ3n) is 0.333. The van der Waals surface area contributed by atoms with E-state index < -0.39 is 0 Å². The van der Waals surface area contributed by atoms with Crippen molar-refractivity contribution in [2.24, 2.45) is 0 Å². The summed E-state index contributed by atoms with van der Waals surface area (Å²) in [5.41, 5.74) is 0. The molecule has 0 aliphatic rings. The summed E-state index contributed by atoms with van der Waals surface area (Å²) >= 11 is 0. The van der Waals surface area contributed by atoms with Gasteiger partial charge in [0.05, 0.1) is 0 Å². The topological polar surface area (TPSA) is 9.23 Å². The van der Waals surface area contributed by atoms with Crippen molar-refractivity contribution in [2.45, 2.75) is 13.2 Å². The van der Waals surface area contributed by atoms with Gasteiger partial charge in [0.25, 0.3) is 7.48 Å². The van der Waals surface area contributed by atoms with Crippen molar-refractivity contribution in [3.05, 3.63) is 0 Å². The predicted octanol–water partition coefficient (Wildman–Crippen LogP) is 0.690. The molecule has 5 heavy (non-hydrogen) atoms. The Morgan fingerprint density at radius 3 is 2.40 bits per heavy atom. The van der Waals surface area contributed by atoms with Crippen molar-refractivity contribution < 1.29 is 4.65 Å². The molecule has 0 rings (SSSR count). The van der Waals surface area contributed by atoms with Gasteiger partial charge in [0.15, 0.2) is 0 Å². The largest absolute Gasteiger partial charge is 0.443 e. The molecule has 0 saturated heterocycles. The molecule has 1 radical (unpaired) electrons. The van der Waals surface area contributed by atoms with E-state index in [0.717, 1.165) is 6.32 Å². The first-order valence-corrected chi connectivity index (χ1v) is 1.76. The molecule has 1 nitrogen and oxygen atoms in total. The summed E-state index contributed by atoms with van der Waals surface area (Å²) in [6, 6.07) is 0. The fourth-order valence-electron chi connectivity index (χ4n) is 0.167. The average molecular weight is 70.9 g/mol. The van der Waals surface area contributed by atoms with Gasteiger partial charge in [-0.2, -0.15) is 0 Å². The summed E-state index contributed by atoms with van der Waals surface area (Å²) in [5.74, 6) is 0. The summed E-state index contributed by atoms with van der Waals surface area (Å²) in [6.07, 6.45) is 0.997. The molecule has 0 aliphatic heterocycles. The van der Waals surface area contributed by atoms with E-state index in [1.165, 1.54) is 0 Å². The Balaban J connectivity index is 2.19. The Kier molecular flexibility index (Phi) is 4.05. The van der Waals surface area contributed by atoms with Crippen LogP contribution in [0.2, 0.25) is 6.32 Å². The quantitative estimate of drug-likeness (QED) is 0.435. The second-order valence-corrected chi connectivity index (χ2v) is 0.811. The molecule has 0 aromatic heterocycles. The molecular formula is C3H8BO. The van der Waals surface area contributed by atoms with Crippen molar-refractivity contribution in [1.82, 2.24) is 0 Å². The van der Waals surface area contributed by atoms with Gasteiger partial charge in [-0.15, -0.1) is 0 Å². The summed E-state index contributed by atoms with van der Waals surface area (Å²) in [4.78, 5) is 0. The second kappa shape index (κ2) is 4.02. The summed E-state index contributed by atoms with van der Waals surface area (Å²) in [5, 5.41) is 0. The van der Waals surface area contributed by atoms with E-state index in [4.69, 9.17) is 0 Å². The highest BCUT2D eigenvalue weighted by Crippen LogP contribution is 1.68. The van der Waals surface area contributed by atoms with Crippen LogP contribution in [0.1, 0.15) is 6.92 Å². The van der Waals surface area contributed by atoms with Crippen LogP contribution in [0.5, 0.6) is 0 Å². The summed E-state index contributed by atoms with van der Waals surface area (Å²) in [6.45, 7) is 2.03. The van der Waals surface area contributed by atoms with Gasteiger partial charge in [0.1, 0.15) is 0 Å². The van der Waals surface area contributed by atoms with E-state index in [2.05, 4.69) is 4.65 Å². The van der Waals surface area contributed by atoms with E-state index >= 15 is 0 Å². The van der Waals surface area contributed by atoms with E-state index in [-0.39, 0.29) is 0 Å². The molecule has 0 aromatic rings. The lowest BCUT2D eigenvalue weighted by molar-refractivity contribution is 0.442. The van der Waals surface area contributed by atoms with Crippen molar-refractivity contribution in [3.63, 3.8) is 0 Å². The Bertz CT molecular complexity index is 14.4. The highest BCUT2D eigenvalue weighted by atomic mass is 16.4. The van der Waals surface area contributed by atoms with Gasteiger partial charge in [0.2, 0.25) is 0 Å². The number of hydrogen-bond acceptors (Lipinski definition) is 1. The van der Waals surface area contributed by atoms with Crippen LogP contribution in [-0.2, 0) is 4.65 Å². The molecule has 0 spiro atoms. The first kappa shape index (κ1) is 5.02. The molecule has 0 heterocycles. The Morgan fingerprint density at radius 2 is 2.40 bits per heavy atom. The molecule has 0 N–H and O–H groups in total. The van der Waals surface area contributed by atoms with Gasteiger partial charge >= 0.3 is 0 Å². The van der Waals surface area contributed by atoms with Crippen LogP contribution in [0.4, 0.5) is 0 Å². The normalized spacial score (nSPS) is 7.60. The molecule has 0 aliphatic carbocycles. The van der Waals surface area contributed by atoms with Crippen molar-refractivity contribution in [1.29, 1.82) is 0 Å². The van der Waals surface area contributed by atoms with Gasteiger partial charge < -0.3 is 4.65 Å². The zero-order valence-electron chi connectivity index (χ0n) is 3.69. The van der Waals surface area contributed by atoms with Gasteiger partial charge in [-0.3, -0.25) is 0 Å². The van der Waals surface area contributed by atoms with E-state index in [9.17, 15) is 0 Å². The van der Waals surface area contributed by atoms with Gasteiger partial charge in [-0.1, -0.05) is 13.2 Å². The van der Waals surface area contributed by atoms with Crippen LogP contribution in [-0.4, -0.2) is 14.6 Å². The first-order valence-electron chi connectivity index (χ1n) is 1.76. The van der Waals surface area contributed by atoms with Gasteiger partial charge in [0, 0.05) is 7.11 Å². The first-order chi connectivity index (χ1) is 2.41. The van der Waals surface area contributed by atoms with E-state index in [1.807, 2.05) is 6.92 Å². The maximum Gasteiger partial charge on any atom is 0.291 e. The van der Waals surface area contributed by atoms with Gasteiger partial charge in [-0.25, -0.2) is 0 Å². The summed E-state index contributed by atoms with van der Waals surface area (Å²) < 4.78 is 4.57. The minimum atomic E-state index is 0.997. The molecule has 0 unspecified atom stereocenters. The zero-order chi connectivity index (χ0) is 4.12. The lowest BCUT2D eigenvalue weighted by Crippen LogP contribution is -1.86. The molecule has 0 aromatic carbocycles. The molecule has 0 saturated carbocycles. The minimum absolute atomic E-state index is 0.997. The second-order valence-electron chi connectivity index (χ2n) is 0.811. The highest BCUT2D eigenvalue weighted by Gasteiger charge is 1.73. The van der Waals surface area contributed by atoms with Crippen LogP contribution in [0.15, 0.2) is 0 Å². The monoisotopic (exact) mass is 71.1 g/mol. The van der Waals surface area contributed by atoms with Crippen LogP contribution in [0.25, 0.3) is 0 Å². The molecule has 2 heteroatoms. The van der Waals surface area contributed by atoms with Crippen molar-refractivity contribution >= 4 is 7.48 Å². The molecule has 0 bridgehead atoms. The molecule has 0 fully saturated rings. The number of rotatable bonds is 2. The van der Waals surface area contributed by atoms with Crippen molar-refractivity contribution in [3.8, 4) is 0 Å². The SMILES string of the molecule is CC[B]OC. The maximum absolute atomic E-state index is 4.57. The Morgan fingerprint density at radius 1 is 1.80 bits per heavy atom. The third-order valence-corrected chi connectivity index (χ3v) is 0.333. The molecule has 0 atom stereocenters. The van der Waals surface area contributed by atoms with Gasteiger partial charge in [-0.05, 0) is 0 Å². The standard InChI is InChI=1S/C3H8BO/c1-3-4-5-2/h3H2,1-2H3. The molecule has 0 amide bonds. The van der Waals surface area contributed by atoms with E-state index in [1.54, 1.807) is 14.6 Å². The average Bonchev–Trinajstić information content (AvgIpc) is 1.41. The molecule has 29 valence electrons. The van der Waals surface area contributed by atoms with Crippen LogP contribution < -0.4 is 0 Å². The molecular weight excluding hydrogens is 62.8 g/mol. The lowest BCUT2D eigenvalue weighted by atomic mass is 9.98. The number of hydrogen-bond donors (Lipinski definition) is 0. The zero-order valence-corrected chi connectivity index (χ0v) is 3.69. The Hall–Kier alpha value is 0.0249. The third kappa shape index (κ3) is 4.02. The minimum Gasteiger partial charge on any atom is -0.443 e. The fraction of sp³-hybridized carbons (Fsp3) is 1.00.